The van der Waals surface area contributed by atoms with Crippen molar-refractivity contribution >= 4 is 40.1 Å². The molecule has 1 fully saturated rings. The van der Waals surface area contributed by atoms with Gasteiger partial charge in [0.05, 0.1) is 36.2 Å². The highest BCUT2D eigenvalue weighted by Crippen LogP contribution is 2.35. The molecule has 4 aromatic heterocycles. The van der Waals surface area contributed by atoms with Crippen molar-refractivity contribution in [2.24, 2.45) is 6.98 Å². The maximum Gasteiger partial charge on any atom is 0.407 e. The molecule has 5 rings (SSSR count). The summed E-state index contributed by atoms with van der Waals surface area (Å²) in [7, 11) is 1.19. The van der Waals surface area contributed by atoms with E-state index in [1.807, 2.05) is 0 Å². The van der Waals surface area contributed by atoms with Crippen LogP contribution in [0.1, 0.15) is 55.1 Å². The number of rotatable bonds is 6. The number of methoxy groups -OCH3 is 1. The number of carbonyl (C=O) groups excluding carboxylic acids is 1. The molecule has 39 heavy (non-hydrogen) atoms. The van der Waals surface area contributed by atoms with Crippen molar-refractivity contribution < 1.29 is 24.5 Å². The van der Waals surface area contributed by atoms with Gasteiger partial charge in [0, 0.05) is 35.4 Å². The molecule has 1 saturated carbocycles. The Morgan fingerprint density at radius 3 is 2.77 bits per heavy atom. The number of anilines is 2. The van der Waals surface area contributed by atoms with Crippen LogP contribution >= 0.6 is 11.3 Å². The quantitative estimate of drug-likeness (QED) is 0.321. The summed E-state index contributed by atoms with van der Waals surface area (Å²) in [5.41, 5.74) is -1.40. The maximum absolute atomic E-state index is 15.1. The van der Waals surface area contributed by atoms with E-state index in [9.17, 15) is 14.7 Å². The van der Waals surface area contributed by atoms with Gasteiger partial charge in [-0.2, -0.15) is 0 Å². The molecule has 4 aromatic rings. The first-order valence-electron chi connectivity index (χ1n) is 14.1. The Morgan fingerprint density at radius 1 is 1.28 bits per heavy atom. The summed E-state index contributed by atoms with van der Waals surface area (Å²) in [4.78, 5) is 38.8. The maximum atomic E-state index is 15.1. The molecule has 1 aliphatic carbocycles. The third kappa shape index (κ3) is 5.11. The van der Waals surface area contributed by atoms with Gasteiger partial charge in [0.2, 0.25) is 0 Å². The molecule has 206 valence electrons. The van der Waals surface area contributed by atoms with Crippen molar-refractivity contribution in [3.63, 3.8) is 0 Å². The van der Waals surface area contributed by atoms with Gasteiger partial charge in [0.1, 0.15) is 22.3 Å². The Hall–Kier alpha value is -3.84. The average molecular weight is 560 g/mol. The number of alkyl carbamates (subject to hydrolysis) is 1. The van der Waals surface area contributed by atoms with Gasteiger partial charge in [-0.1, -0.05) is 0 Å². The predicted molar refractivity (Wildman–Crippen MR) is 146 cm³/mol. The number of halogens is 1. The van der Waals surface area contributed by atoms with Crippen LogP contribution in [0.15, 0.2) is 29.3 Å². The van der Waals surface area contributed by atoms with Crippen LogP contribution in [-0.4, -0.2) is 48.4 Å². The molecule has 0 unspecified atom stereocenters. The molecule has 3 N–H and O–H groups in total. The smallest absolute Gasteiger partial charge is 0.407 e. The zero-order valence-electron chi connectivity index (χ0n) is 25.7. The molecule has 2 atom stereocenters. The van der Waals surface area contributed by atoms with Gasteiger partial charge in [0.15, 0.2) is 5.82 Å². The Morgan fingerprint density at radius 2 is 2.08 bits per heavy atom. The number of amides is 1. The van der Waals surface area contributed by atoms with Gasteiger partial charge in [0.25, 0.3) is 0 Å². The molecule has 11 nitrogen and oxygen atoms in total. The van der Waals surface area contributed by atoms with Crippen molar-refractivity contribution in [2.45, 2.75) is 57.7 Å². The van der Waals surface area contributed by atoms with Crippen LogP contribution in [0.4, 0.5) is 20.8 Å². The Bertz CT molecular complexity index is 1780. The molecule has 0 aliphatic heterocycles. The van der Waals surface area contributed by atoms with E-state index in [-0.39, 0.29) is 51.8 Å². The summed E-state index contributed by atoms with van der Waals surface area (Å²) in [6.45, 7) is 1.96. The van der Waals surface area contributed by atoms with Crippen LogP contribution in [0.5, 0.6) is 0 Å². The molecular formula is C26H30FN7O4S. The number of imidazole rings is 1. The minimum atomic E-state index is -2.81. The largest absolute Gasteiger partial charge is 0.453 e. The second-order valence-corrected chi connectivity index (χ2v) is 10.9. The third-order valence-electron chi connectivity index (χ3n) is 6.56. The van der Waals surface area contributed by atoms with Crippen molar-refractivity contribution in [1.29, 1.82) is 0 Å². The normalized spacial score (nSPS) is 21.2. The topological polar surface area (TPSA) is 136 Å². The number of aliphatic hydroxyl groups is 1. The highest BCUT2D eigenvalue weighted by Gasteiger charge is 2.30. The summed E-state index contributed by atoms with van der Waals surface area (Å²) in [6.07, 6.45) is 2.51. The zero-order chi connectivity index (χ0) is 31.5. The summed E-state index contributed by atoms with van der Waals surface area (Å²) in [5, 5.41) is 16.1. The van der Waals surface area contributed by atoms with Gasteiger partial charge in [-0.3, -0.25) is 9.13 Å². The minimum Gasteiger partial charge on any atom is -0.453 e. The molecule has 0 saturated heterocycles. The number of ether oxygens (including phenoxy) is 1. The first-order chi connectivity index (χ1) is 20.0. The van der Waals surface area contributed by atoms with E-state index in [4.69, 9.17) is 5.48 Å². The Kier molecular flexibility index (Phi) is 5.67. The monoisotopic (exact) mass is 559 g/mol. The molecule has 4 heterocycles. The van der Waals surface area contributed by atoms with Gasteiger partial charge in [-0.05, 0) is 51.7 Å². The fourth-order valence-electron chi connectivity index (χ4n) is 4.56. The van der Waals surface area contributed by atoms with Gasteiger partial charge in [-0.15, -0.1) is 11.3 Å². The van der Waals surface area contributed by atoms with E-state index < -0.39 is 42.2 Å². The molecule has 0 spiro atoms. The lowest BCUT2D eigenvalue weighted by Gasteiger charge is -2.14. The molecule has 0 bridgehead atoms. The van der Waals surface area contributed by atoms with Gasteiger partial charge in [-0.25, -0.2) is 28.9 Å². The lowest BCUT2D eigenvalue weighted by molar-refractivity contribution is 0.0823. The lowest BCUT2D eigenvalue weighted by Crippen LogP contribution is -2.33. The summed E-state index contributed by atoms with van der Waals surface area (Å²) < 4.78 is 54.2. The minimum absolute atomic E-state index is 0.0228. The predicted octanol–water partition coefficient (Wildman–Crippen LogP) is 4.12. The SMILES string of the molecule is [2H]C([2H])([2H])n1c(=O)n([C@@H]2CC[C@@]([2H])(NC(=O)OC)C2)c2cc(Nc3cc(C)c(F)c(-c4ncc(C(C)(C)O)s4)n3)ncc21. The van der Waals surface area contributed by atoms with E-state index >= 15 is 4.39 Å². The highest BCUT2D eigenvalue weighted by molar-refractivity contribution is 7.15. The fourth-order valence-corrected chi connectivity index (χ4v) is 5.46. The van der Waals surface area contributed by atoms with E-state index in [0.29, 0.717) is 15.9 Å². The molecule has 1 aliphatic rings. The second kappa shape index (κ2) is 10.0. The Labute approximate surface area is 233 Å². The number of carbonyl (C=O) groups is 1. The van der Waals surface area contributed by atoms with Crippen LogP contribution in [0.3, 0.4) is 0 Å². The summed E-state index contributed by atoms with van der Waals surface area (Å²) in [5.74, 6) is -0.152. The number of hydrogen-bond donors (Lipinski definition) is 3. The van der Waals surface area contributed by atoms with Crippen molar-refractivity contribution in [3.05, 3.63) is 51.3 Å². The second-order valence-electron chi connectivity index (χ2n) is 9.86. The van der Waals surface area contributed by atoms with Crippen molar-refractivity contribution in [3.8, 4) is 10.7 Å². The van der Waals surface area contributed by atoms with Crippen LogP contribution in [0.25, 0.3) is 21.7 Å². The summed E-state index contributed by atoms with van der Waals surface area (Å²) >= 11 is 1.11. The highest BCUT2D eigenvalue weighted by atomic mass is 32.1. The molecule has 0 radical (unpaired) electrons. The number of pyridine rings is 2. The van der Waals surface area contributed by atoms with Crippen LogP contribution in [0.2, 0.25) is 0 Å². The number of nitrogens with one attached hydrogen (secondary N) is 2. The number of hydrogen-bond acceptors (Lipinski definition) is 9. The van der Waals surface area contributed by atoms with E-state index in [1.165, 1.54) is 36.2 Å². The van der Waals surface area contributed by atoms with E-state index in [1.54, 1.807) is 20.8 Å². The number of fused-ring (bicyclic) bond motifs is 1. The van der Waals surface area contributed by atoms with Crippen LogP contribution in [-0.2, 0) is 17.3 Å². The molecule has 13 heteroatoms. The average Bonchev–Trinajstić information content (AvgIpc) is 3.61. The molecular weight excluding hydrogens is 525 g/mol. The lowest BCUT2D eigenvalue weighted by atomic mass is 10.1. The van der Waals surface area contributed by atoms with Gasteiger partial charge >= 0.3 is 11.8 Å². The van der Waals surface area contributed by atoms with Crippen LogP contribution in [0, 0.1) is 12.7 Å². The first kappa shape index (κ1) is 22.0. The number of aromatic nitrogens is 5. The van der Waals surface area contributed by atoms with Gasteiger partial charge < -0.3 is 20.5 Å². The molecule has 0 aromatic carbocycles. The van der Waals surface area contributed by atoms with E-state index in [0.717, 1.165) is 11.3 Å². The van der Waals surface area contributed by atoms with E-state index in [2.05, 4.69) is 30.3 Å². The van der Waals surface area contributed by atoms with Crippen LogP contribution < -0.4 is 16.3 Å². The number of nitrogens with zero attached hydrogens (tertiary/aromatic N) is 5. The fraction of sp³-hybridized carbons (Fsp3) is 0.423. The van der Waals surface area contributed by atoms with Crippen molar-refractivity contribution in [2.75, 3.05) is 12.4 Å². The summed E-state index contributed by atoms with van der Waals surface area (Å²) in [6, 6.07) is 0.954. The third-order valence-corrected chi connectivity index (χ3v) is 7.87. The number of aryl methyl sites for hydroxylation is 2. The zero-order valence-corrected chi connectivity index (χ0v) is 22.5. The standard InChI is InChI=1S/C26H30FN7O4S/c1-13-8-20(32-22(21(13)27)23-29-12-18(39-23)26(2,3)37)31-19-10-16-17(11-28-19)33(4)25(36)34(16)15-7-6-14(9-15)30-24(35)38-5/h8,10-12,14-15,37H,6-7,9H2,1-5H3,(H,30,35)(H,28,31,32)/t14-,15-/m1/s1/i4D3,14D. The number of thiazole rings is 1. The Balaban J connectivity index is 1.55. The van der Waals surface area contributed by atoms with Crippen molar-refractivity contribution in [1.82, 2.24) is 29.4 Å². The first-order valence-corrected chi connectivity index (χ1v) is 13.0. The molecule has 1 amide bonds.